The van der Waals surface area contributed by atoms with Crippen molar-refractivity contribution in [3.8, 4) is 0 Å². The van der Waals surface area contributed by atoms with Gasteiger partial charge in [0.1, 0.15) is 0 Å². The van der Waals surface area contributed by atoms with Crippen molar-refractivity contribution in [2.45, 2.75) is 25.0 Å². The van der Waals surface area contributed by atoms with Crippen LogP contribution in [-0.2, 0) is 9.47 Å². The highest BCUT2D eigenvalue weighted by atomic mass is 16.7. The van der Waals surface area contributed by atoms with Crippen molar-refractivity contribution < 1.29 is 29.8 Å². The molecule has 0 atom stereocenters. The second-order valence-corrected chi connectivity index (χ2v) is 7.35. The third-order valence-corrected chi connectivity index (χ3v) is 5.67. The lowest BCUT2D eigenvalue weighted by molar-refractivity contribution is -0.846. The number of hydroxylamine groups is 1. The van der Waals surface area contributed by atoms with Crippen molar-refractivity contribution in [2.75, 3.05) is 39.4 Å². The summed E-state index contributed by atoms with van der Waals surface area (Å²) in [6.45, 7) is 4.63. The zero-order valence-electron chi connectivity index (χ0n) is 15.8. The van der Waals surface area contributed by atoms with Crippen LogP contribution in [-0.4, -0.2) is 66.9 Å². The molecule has 1 aromatic rings. The van der Waals surface area contributed by atoms with Gasteiger partial charge >= 0.3 is 0 Å². The van der Waals surface area contributed by atoms with Crippen LogP contribution >= 0.6 is 0 Å². The number of benzene rings is 1. The Morgan fingerprint density at radius 3 is 2.36 bits per heavy atom. The van der Waals surface area contributed by atoms with Crippen molar-refractivity contribution in [1.82, 2.24) is 10.2 Å². The summed E-state index contributed by atoms with van der Waals surface area (Å²) in [5, 5.41) is 12.6. The van der Waals surface area contributed by atoms with E-state index in [4.69, 9.17) is 9.47 Å². The molecule has 150 valence electrons. The summed E-state index contributed by atoms with van der Waals surface area (Å²) >= 11 is 0. The van der Waals surface area contributed by atoms with E-state index < -0.39 is 0 Å². The molecule has 0 saturated carbocycles. The van der Waals surface area contributed by atoms with E-state index >= 15 is 0 Å². The SMILES string of the molecule is O=C1C(NCCCN2CCC3(CC2)OCCO3)=C([NH2+]O)C(=O)c2ccccc21. The zero-order valence-corrected chi connectivity index (χ0v) is 15.8. The standard InChI is InChI=1S/C20H25N3O5/c24-18-14-4-1-2-5-15(14)19(25)17(22-26)16(18)21-8-3-9-23-10-6-20(7-11-23)27-12-13-28-20/h1-2,4-5,21-22,26H,3,6-13H2/p+1. The number of Topliss-reactive ketones (excluding diaryl/α,β-unsaturated/α-hetero) is 2. The number of rotatable bonds is 6. The Hall–Kier alpha value is -2.10. The molecule has 2 aliphatic heterocycles. The second kappa shape index (κ2) is 8.10. The minimum absolute atomic E-state index is 0.0270. The molecule has 0 aromatic heterocycles. The summed E-state index contributed by atoms with van der Waals surface area (Å²) in [6, 6.07) is 6.69. The molecule has 1 aliphatic carbocycles. The van der Waals surface area contributed by atoms with E-state index in [1.807, 2.05) is 0 Å². The number of likely N-dealkylation sites (tertiary alicyclic amines) is 1. The Kier molecular flexibility index (Phi) is 5.56. The lowest BCUT2D eigenvalue weighted by Gasteiger charge is -2.37. The van der Waals surface area contributed by atoms with Gasteiger partial charge in [0.25, 0.3) is 5.78 Å². The van der Waals surface area contributed by atoms with Crippen LogP contribution in [0, 0.1) is 0 Å². The largest absolute Gasteiger partial charge is 0.377 e. The molecule has 2 fully saturated rings. The van der Waals surface area contributed by atoms with Gasteiger partial charge in [-0.1, -0.05) is 24.3 Å². The Labute approximate surface area is 163 Å². The highest BCUT2D eigenvalue weighted by Gasteiger charge is 2.39. The van der Waals surface area contributed by atoms with E-state index in [9.17, 15) is 14.8 Å². The first-order valence-corrected chi connectivity index (χ1v) is 9.78. The smallest absolute Gasteiger partial charge is 0.252 e. The van der Waals surface area contributed by atoms with Gasteiger partial charge in [0.2, 0.25) is 11.5 Å². The van der Waals surface area contributed by atoms with Gasteiger partial charge in [-0.2, -0.15) is 5.48 Å². The van der Waals surface area contributed by atoms with Crippen LogP contribution < -0.4 is 10.8 Å². The summed E-state index contributed by atoms with van der Waals surface area (Å²) in [4.78, 5) is 27.6. The second-order valence-electron chi connectivity index (χ2n) is 7.35. The molecule has 28 heavy (non-hydrogen) atoms. The van der Waals surface area contributed by atoms with Crippen molar-refractivity contribution in [3.63, 3.8) is 0 Å². The maximum Gasteiger partial charge on any atom is 0.252 e. The van der Waals surface area contributed by atoms with Gasteiger partial charge in [-0.05, 0) is 13.0 Å². The lowest BCUT2D eigenvalue weighted by atomic mass is 9.90. The molecule has 2 heterocycles. The van der Waals surface area contributed by atoms with Gasteiger partial charge in [-0.25, -0.2) is 5.21 Å². The van der Waals surface area contributed by atoms with Gasteiger partial charge in [0, 0.05) is 43.6 Å². The molecule has 8 nitrogen and oxygen atoms in total. The number of ketones is 2. The molecule has 3 aliphatic rings. The van der Waals surface area contributed by atoms with E-state index in [0.717, 1.165) is 44.4 Å². The van der Waals surface area contributed by atoms with Gasteiger partial charge in [0.15, 0.2) is 11.5 Å². The molecule has 0 bridgehead atoms. The highest BCUT2D eigenvalue weighted by Crippen LogP contribution is 2.31. The first-order valence-electron chi connectivity index (χ1n) is 9.78. The molecule has 4 rings (SSSR count). The minimum Gasteiger partial charge on any atom is -0.377 e. The monoisotopic (exact) mass is 388 g/mol. The predicted octanol–water partition coefficient (Wildman–Crippen LogP) is 0.0484. The van der Waals surface area contributed by atoms with Crippen molar-refractivity contribution in [2.24, 2.45) is 0 Å². The molecule has 4 N–H and O–H groups in total. The maximum absolute atomic E-state index is 12.7. The van der Waals surface area contributed by atoms with Gasteiger partial charge < -0.3 is 19.7 Å². The summed E-state index contributed by atoms with van der Waals surface area (Å²) in [5.74, 6) is -0.961. The quantitative estimate of drug-likeness (QED) is 0.467. The molecule has 0 amide bonds. The number of nitrogens with zero attached hydrogens (tertiary/aromatic N) is 1. The summed E-state index contributed by atoms with van der Waals surface area (Å²) in [6.07, 6.45) is 2.57. The van der Waals surface area contributed by atoms with Crippen molar-refractivity contribution in [1.29, 1.82) is 0 Å². The third-order valence-electron chi connectivity index (χ3n) is 5.67. The summed E-state index contributed by atoms with van der Waals surface area (Å²) in [7, 11) is 0. The first kappa shape index (κ1) is 19.2. The van der Waals surface area contributed by atoms with Crippen LogP contribution in [0.5, 0.6) is 0 Å². The van der Waals surface area contributed by atoms with E-state index in [2.05, 4.69) is 10.2 Å². The molecular weight excluding hydrogens is 362 g/mol. The molecule has 8 heteroatoms. The molecule has 1 spiro atoms. The maximum atomic E-state index is 12.7. The van der Waals surface area contributed by atoms with Crippen molar-refractivity contribution >= 4 is 11.6 Å². The zero-order chi connectivity index (χ0) is 19.6. The topological polar surface area (TPSA) is 105 Å². The van der Waals surface area contributed by atoms with Gasteiger partial charge in [-0.3, -0.25) is 9.59 Å². The lowest BCUT2D eigenvalue weighted by Crippen LogP contribution is -2.81. The number of carbonyl (C=O) groups excluding carboxylic acids is 2. The number of allylic oxidation sites excluding steroid dienone is 2. The normalized spacial score (nSPS) is 22.0. The number of hydrogen-bond donors (Lipinski definition) is 3. The molecule has 1 aromatic carbocycles. The van der Waals surface area contributed by atoms with Crippen LogP contribution in [0.3, 0.4) is 0 Å². The number of hydrogen-bond acceptors (Lipinski definition) is 7. The molecule has 2 saturated heterocycles. The average Bonchev–Trinajstić information content (AvgIpc) is 3.18. The first-order chi connectivity index (χ1) is 13.6. The summed E-state index contributed by atoms with van der Waals surface area (Å²) < 4.78 is 11.5. The molecule has 0 unspecified atom stereocenters. The average molecular weight is 388 g/mol. The fourth-order valence-electron chi connectivity index (χ4n) is 4.11. The number of carbonyl (C=O) groups is 2. The Morgan fingerprint density at radius 2 is 1.71 bits per heavy atom. The summed E-state index contributed by atoms with van der Waals surface area (Å²) in [5.41, 5.74) is 1.63. The minimum atomic E-state index is -0.367. The van der Waals surface area contributed by atoms with E-state index in [0.29, 0.717) is 30.9 Å². The fraction of sp³-hybridized carbons (Fsp3) is 0.500. The van der Waals surface area contributed by atoms with Crippen LogP contribution in [0.25, 0.3) is 0 Å². The van der Waals surface area contributed by atoms with E-state index in [1.54, 1.807) is 24.3 Å². The fourth-order valence-corrected chi connectivity index (χ4v) is 4.11. The third kappa shape index (κ3) is 3.61. The number of quaternary nitrogens is 1. The van der Waals surface area contributed by atoms with E-state index in [-0.39, 0.29) is 28.7 Å². The van der Waals surface area contributed by atoms with Crippen LogP contribution in [0.2, 0.25) is 0 Å². The molecule has 0 radical (unpaired) electrons. The van der Waals surface area contributed by atoms with Crippen LogP contribution in [0.15, 0.2) is 35.7 Å². The Morgan fingerprint density at radius 1 is 1.07 bits per heavy atom. The predicted molar refractivity (Wildman–Crippen MR) is 98.8 cm³/mol. The van der Waals surface area contributed by atoms with E-state index in [1.165, 1.54) is 0 Å². The van der Waals surface area contributed by atoms with Gasteiger partial charge in [0.05, 0.1) is 13.2 Å². The van der Waals surface area contributed by atoms with Gasteiger partial charge in [-0.15, -0.1) is 0 Å². The van der Waals surface area contributed by atoms with Crippen LogP contribution in [0.4, 0.5) is 0 Å². The van der Waals surface area contributed by atoms with Crippen molar-refractivity contribution in [3.05, 3.63) is 46.8 Å². The number of nitrogens with two attached hydrogens (primary N) is 1. The molecular formula is C20H26N3O5+. The Bertz CT molecular complexity index is 791. The van der Waals surface area contributed by atoms with Crippen LogP contribution in [0.1, 0.15) is 40.0 Å². The highest BCUT2D eigenvalue weighted by molar-refractivity contribution is 6.25. The number of ether oxygens (including phenoxy) is 2. The number of piperidine rings is 1. The Balaban J connectivity index is 1.31. The number of fused-ring (bicyclic) bond motifs is 1. The number of nitrogens with one attached hydrogen (secondary N) is 1.